The second-order valence-electron chi connectivity index (χ2n) is 5.67. The van der Waals surface area contributed by atoms with Crippen molar-refractivity contribution >= 4 is 11.8 Å². The molecule has 2 aromatic rings. The van der Waals surface area contributed by atoms with Crippen molar-refractivity contribution in [2.24, 2.45) is 5.73 Å². The summed E-state index contributed by atoms with van der Waals surface area (Å²) in [5.74, 6) is 0.602. The lowest BCUT2D eigenvalue weighted by atomic mass is 10.2. The zero-order valence-corrected chi connectivity index (χ0v) is 14.4. The van der Waals surface area contributed by atoms with Gasteiger partial charge in [-0.25, -0.2) is 0 Å². The van der Waals surface area contributed by atoms with Gasteiger partial charge in [0.2, 0.25) is 0 Å². The molecular weight excluding hydrogens is 320 g/mol. The summed E-state index contributed by atoms with van der Waals surface area (Å²) >= 11 is 0. The predicted octanol–water partition coefficient (Wildman–Crippen LogP) is 2.01. The van der Waals surface area contributed by atoms with Crippen LogP contribution in [0.15, 0.2) is 48.5 Å². The molecule has 6 heteroatoms. The van der Waals surface area contributed by atoms with Crippen LogP contribution in [0.25, 0.3) is 0 Å². The molecule has 6 nitrogen and oxygen atoms in total. The molecule has 0 aliphatic heterocycles. The van der Waals surface area contributed by atoms with E-state index in [-0.39, 0.29) is 12.5 Å². The highest BCUT2D eigenvalue weighted by molar-refractivity contribution is 5.94. The number of nitrogens with zero attached hydrogens (tertiary/aromatic N) is 1. The highest BCUT2D eigenvalue weighted by atomic mass is 16.5. The monoisotopic (exact) mass is 342 g/mol. The van der Waals surface area contributed by atoms with Crippen molar-refractivity contribution in [3.05, 3.63) is 59.7 Å². The first-order valence-corrected chi connectivity index (χ1v) is 7.92. The average Bonchev–Trinajstić information content (AvgIpc) is 2.61. The van der Waals surface area contributed by atoms with Gasteiger partial charge >= 0.3 is 0 Å². The molecule has 0 radical (unpaired) electrons. The van der Waals surface area contributed by atoms with Crippen molar-refractivity contribution in [3.8, 4) is 11.5 Å². The fourth-order valence-electron chi connectivity index (χ4n) is 2.11. The zero-order valence-electron chi connectivity index (χ0n) is 14.4. The third-order valence-corrected chi connectivity index (χ3v) is 3.55. The van der Waals surface area contributed by atoms with Crippen LogP contribution in [0.3, 0.4) is 0 Å². The number of primary amides is 1. The number of benzene rings is 2. The number of hydrogen-bond donors (Lipinski definition) is 1. The third kappa shape index (κ3) is 5.84. The fraction of sp³-hybridized carbons (Fsp3) is 0.263. The summed E-state index contributed by atoms with van der Waals surface area (Å²) in [6.45, 7) is 2.70. The van der Waals surface area contributed by atoms with Crippen LogP contribution in [0.5, 0.6) is 11.5 Å². The fourth-order valence-corrected chi connectivity index (χ4v) is 2.11. The van der Waals surface area contributed by atoms with E-state index in [9.17, 15) is 9.59 Å². The van der Waals surface area contributed by atoms with Crippen LogP contribution in [-0.4, -0.2) is 43.5 Å². The molecule has 0 fully saturated rings. The van der Waals surface area contributed by atoms with Crippen molar-refractivity contribution in [1.82, 2.24) is 4.90 Å². The van der Waals surface area contributed by atoms with Crippen molar-refractivity contribution in [3.63, 3.8) is 0 Å². The van der Waals surface area contributed by atoms with Gasteiger partial charge in [-0.1, -0.05) is 17.7 Å². The number of amides is 2. The van der Waals surface area contributed by atoms with Crippen LogP contribution in [0.2, 0.25) is 0 Å². The van der Waals surface area contributed by atoms with Gasteiger partial charge in [0.1, 0.15) is 18.1 Å². The molecule has 0 aliphatic rings. The molecule has 2 rings (SSSR count). The molecule has 0 bridgehead atoms. The molecule has 25 heavy (non-hydrogen) atoms. The molecule has 132 valence electrons. The minimum absolute atomic E-state index is 0.117. The number of likely N-dealkylation sites (N-methyl/N-ethyl adjacent to an activating group) is 1. The summed E-state index contributed by atoms with van der Waals surface area (Å²) in [6.07, 6.45) is 0. The molecule has 2 N–H and O–H groups in total. The smallest absolute Gasteiger partial charge is 0.255 e. The van der Waals surface area contributed by atoms with Gasteiger partial charge in [0.05, 0.1) is 6.54 Å². The van der Waals surface area contributed by atoms with E-state index in [1.54, 1.807) is 36.2 Å². The number of carbonyl (C=O) groups excluding carboxylic acids is 2. The Kier molecular flexibility index (Phi) is 6.39. The van der Waals surface area contributed by atoms with E-state index in [0.717, 1.165) is 5.75 Å². The lowest BCUT2D eigenvalue weighted by molar-refractivity contribution is -0.119. The minimum Gasteiger partial charge on any atom is -0.492 e. The summed E-state index contributed by atoms with van der Waals surface area (Å²) in [4.78, 5) is 24.6. The van der Waals surface area contributed by atoms with E-state index in [2.05, 4.69) is 0 Å². The first-order valence-electron chi connectivity index (χ1n) is 7.92. The van der Waals surface area contributed by atoms with Crippen molar-refractivity contribution in [2.75, 3.05) is 26.8 Å². The predicted molar refractivity (Wildman–Crippen MR) is 94.8 cm³/mol. The number of aryl methyl sites for hydroxylation is 1. The summed E-state index contributed by atoms with van der Waals surface area (Å²) in [5.41, 5.74) is 6.72. The molecule has 0 atom stereocenters. The topological polar surface area (TPSA) is 81.9 Å². The van der Waals surface area contributed by atoms with Crippen LogP contribution in [-0.2, 0) is 4.79 Å². The third-order valence-electron chi connectivity index (χ3n) is 3.55. The maximum Gasteiger partial charge on any atom is 0.255 e. The van der Waals surface area contributed by atoms with Gasteiger partial charge in [0, 0.05) is 12.6 Å². The number of hydrogen-bond acceptors (Lipinski definition) is 4. The Morgan fingerprint density at radius 2 is 1.52 bits per heavy atom. The lowest BCUT2D eigenvalue weighted by Crippen LogP contribution is -2.30. The van der Waals surface area contributed by atoms with Gasteiger partial charge in [-0.3, -0.25) is 9.59 Å². The molecule has 0 aromatic heterocycles. The Hall–Kier alpha value is -3.02. The van der Waals surface area contributed by atoms with E-state index in [1.165, 1.54) is 5.56 Å². The molecule has 0 aliphatic carbocycles. The maximum atomic E-state index is 12.4. The maximum absolute atomic E-state index is 12.4. The van der Waals surface area contributed by atoms with Gasteiger partial charge < -0.3 is 20.1 Å². The van der Waals surface area contributed by atoms with E-state index >= 15 is 0 Å². The molecule has 0 heterocycles. The Bertz CT molecular complexity index is 711. The normalized spacial score (nSPS) is 10.2. The van der Waals surface area contributed by atoms with Crippen LogP contribution < -0.4 is 15.2 Å². The second-order valence-corrected chi connectivity index (χ2v) is 5.67. The largest absolute Gasteiger partial charge is 0.492 e. The number of nitrogens with two attached hydrogens (primary N) is 1. The molecule has 0 saturated heterocycles. The number of carbonyl (C=O) groups is 2. The van der Waals surface area contributed by atoms with Gasteiger partial charge in [0.25, 0.3) is 11.8 Å². The highest BCUT2D eigenvalue weighted by Gasteiger charge is 2.12. The summed E-state index contributed by atoms with van der Waals surface area (Å²) < 4.78 is 10.8. The number of ether oxygens (including phenoxy) is 2. The van der Waals surface area contributed by atoms with E-state index < -0.39 is 5.91 Å². The molecule has 0 saturated carbocycles. The van der Waals surface area contributed by atoms with Crippen LogP contribution in [0, 0.1) is 6.92 Å². The quantitative estimate of drug-likeness (QED) is 0.795. The molecule has 0 unspecified atom stereocenters. The SMILES string of the molecule is Cc1ccc(OCCN(C)C(=O)c2ccc(OCC(N)=O)cc2)cc1. The Balaban J connectivity index is 1.82. The standard InChI is InChI=1S/C19H22N2O4/c1-14-3-7-16(8-4-14)24-12-11-21(2)19(23)15-5-9-17(10-6-15)25-13-18(20)22/h3-10H,11-13H2,1-2H3,(H2,20,22). The van der Waals surface area contributed by atoms with Gasteiger partial charge in [-0.15, -0.1) is 0 Å². The minimum atomic E-state index is -0.548. The summed E-state index contributed by atoms with van der Waals surface area (Å²) in [5, 5.41) is 0. The van der Waals surface area contributed by atoms with Crippen molar-refractivity contribution < 1.29 is 19.1 Å². The Morgan fingerprint density at radius 1 is 0.960 bits per heavy atom. The Labute approximate surface area is 147 Å². The summed E-state index contributed by atoms with van der Waals surface area (Å²) in [7, 11) is 1.72. The highest BCUT2D eigenvalue weighted by Crippen LogP contribution is 2.14. The van der Waals surface area contributed by atoms with Crippen molar-refractivity contribution in [2.45, 2.75) is 6.92 Å². The Morgan fingerprint density at radius 3 is 2.12 bits per heavy atom. The first-order chi connectivity index (χ1) is 12.0. The second kappa shape index (κ2) is 8.73. The van der Waals surface area contributed by atoms with Crippen molar-refractivity contribution in [1.29, 1.82) is 0 Å². The van der Waals surface area contributed by atoms with E-state index in [0.29, 0.717) is 24.5 Å². The number of rotatable bonds is 8. The van der Waals surface area contributed by atoms with Crippen LogP contribution >= 0.6 is 0 Å². The first kappa shape index (κ1) is 18.3. The molecule has 0 spiro atoms. The lowest BCUT2D eigenvalue weighted by Gasteiger charge is -2.18. The zero-order chi connectivity index (χ0) is 18.2. The van der Waals surface area contributed by atoms with E-state index in [1.807, 2.05) is 31.2 Å². The van der Waals surface area contributed by atoms with Crippen LogP contribution in [0.4, 0.5) is 0 Å². The van der Waals surface area contributed by atoms with Gasteiger partial charge in [0.15, 0.2) is 6.61 Å². The van der Waals surface area contributed by atoms with Crippen LogP contribution in [0.1, 0.15) is 15.9 Å². The molecular formula is C19H22N2O4. The average molecular weight is 342 g/mol. The molecule has 2 aromatic carbocycles. The molecule has 2 amide bonds. The van der Waals surface area contributed by atoms with Gasteiger partial charge in [-0.05, 0) is 43.3 Å². The summed E-state index contributed by atoms with van der Waals surface area (Å²) in [6, 6.07) is 14.3. The van der Waals surface area contributed by atoms with Gasteiger partial charge in [-0.2, -0.15) is 0 Å². The van der Waals surface area contributed by atoms with E-state index in [4.69, 9.17) is 15.2 Å².